The number of anilines is 1. The molecule has 0 radical (unpaired) electrons. The van der Waals surface area contributed by atoms with E-state index in [-0.39, 0.29) is 0 Å². The first kappa shape index (κ1) is 19.9. The van der Waals surface area contributed by atoms with Gasteiger partial charge in [0.25, 0.3) is 0 Å². The Kier molecular flexibility index (Phi) is 6.04. The summed E-state index contributed by atoms with van der Waals surface area (Å²) in [6.07, 6.45) is 6.09. The van der Waals surface area contributed by atoms with E-state index in [4.69, 9.17) is 9.82 Å². The predicted octanol–water partition coefficient (Wildman–Crippen LogP) is 5.28. The molecule has 2 aromatic rings. The van der Waals surface area contributed by atoms with Gasteiger partial charge in [-0.2, -0.15) is 5.06 Å². The third-order valence-electron chi connectivity index (χ3n) is 6.15. The molecule has 0 unspecified atom stereocenters. The molecule has 4 rings (SSSR count). The highest BCUT2D eigenvalue weighted by Crippen LogP contribution is 2.39. The third-order valence-corrected chi connectivity index (χ3v) is 7.05. The van der Waals surface area contributed by atoms with E-state index in [9.17, 15) is 0 Å². The van der Waals surface area contributed by atoms with Gasteiger partial charge in [0.05, 0.1) is 12.3 Å². The Balaban J connectivity index is 1.41. The second-order valence-corrected chi connectivity index (χ2v) is 9.56. The summed E-state index contributed by atoms with van der Waals surface area (Å²) in [5.41, 5.74) is 5.73. The maximum atomic E-state index is 5.84. The molecule has 4 nitrogen and oxygen atoms in total. The van der Waals surface area contributed by atoms with Crippen molar-refractivity contribution in [3.05, 3.63) is 34.7 Å². The highest BCUT2D eigenvalue weighted by atomic mass is 32.1. The van der Waals surface area contributed by atoms with E-state index in [2.05, 4.69) is 54.3 Å². The predicted molar refractivity (Wildman–Crippen MR) is 118 cm³/mol. The highest BCUT2D eigenvalue weighted by Gasteiger charge is 2.27. The van der Waals surface area contributed by atoms with Crippen LogP contribution in [0.5, 0.6) is 0 Å². The van der Waals surface area contributed by atoms with Gasteiger partial charge in [0.1, 0.15) is 0 Å². The summed E-state index contributed by atoms with van der Waals surface area (Å²) in [4.78, 5) is 13.2. The van der Waals surface area contributed by atoms with Gasteiger partial charge < -0.3 is 4.90 Å². The van der Waals surface area contributed by atoms with E-state index in [0.29, 0.717) is 5.41 Å². The summed E-state index contributed by atoms with van der Waals surface area (Å²) in [5.74, 6) is 0. The molecule has 1 aromatic carbocycles. The zero-order valence-electron chi connectivity index (χ0n) is 17.5. The summed E-state index contributed by atoms with van der Waals surface area (Å²) >= 11 is 1.77. The Labute approximate surface area is 173 Å². The van der Waals surface area contributed by atoms with Gasteiger partial charge in [-0.1, -0.05) is 39.3 Å². The van der Waals surface area contributed by atoms with Gasteiger partial charge in [-0.05, 0) is 48.3 Å². The summed E-state index contributed by atoms with van der Waals surface area (Å²) in [6.45, 7) is 11.7. The molecule has 2 heterocycles. The van der Waals surface area contributed by atoms with Crippen molar-refractivity contribution < 1.29 is 4.84 Å². The molecule has 1 aliphatic carbocycles. The average molecular weight is 400 g/mol. The molecule has 152 valence electrons. The number of piperazine rings is 1. The zero-order valence-corrected chi connectivity index (χ0v) is 18.4. The third kappa shape index (κ3) is 4.27. The molecule has 2 aliphatic rings. The molecule has 0 bridgehead atoms. The molecule has 0 atom stereocenters. The minimum absolute atomic E-state index is 0.304. The van der Waals surface area contributed by atoms with Crippen LogP contribution in [-0.4, -0.2) is 42.8 Å². The van der Waals surface area contributed by atoms with Crippen LogP contribution in [0.2, 0.25) is 0 Å². The van der Waals surface area contributed by atoms with E-state index in [1.54, 1.807) is 11.3 Å². The highest BCUT2D eigenvalue weighted by molar-refractivity contribution is 7.14. The van der Waals surface area contributed by atoms with Crippen molar-refractivity contribution in [1.82, 2.24) is 10.0 Å². The number of unbranched alkanes of at least 4 members (excludes halogenated alkanes) is 1. The van der Waals surface area contributed by atoms with E-state index in [1.165, 1.54) is 42.4 Å². The monoisotopic (exact) mass is 399 g/mol. The molecule has 0 amide bonds. The molecule has 1 aromatic heterocycles. The average Bonchev–Trinajstić information content (AvgIpc) is 3.18. The smallest absolute Gasteiger partial charge is 0.185 e. The first-order chi connectivity index (χ1) is 13.6. The number of hydroxylamine groups is 2. The van der Waals surface area contributed by atoms with Crippen LogP contribution in [-0.2, 0) is 16.7 Å². The van der Waals surface area contributed by atoms with Crippen LogP contribution in [0.4, 0.5) is 5.13 Å². The van der Waals surface area contributed by atoms with Gasteiger partial charge in [0.2, 0.25) is 0 Å². The number of aromatic nitrogens is 1. The SMILES string of the molecule is CCCCON1CCN(c2nc(-c3ccc4c(c3)CCCC4(C)C)cs2)CC1. The van der Waals surface area contributed by atoms with E-state index >= 15 is 0 Å². The Hall–Kier alpha value is -1.43. The van der Waals surface area contributed by atoms with Crippen molar-refractivity contribution >= 4 is 16.5 Å². The fourth-order valence-electron chi connectivity index (χ4n) is 4.36. The van der Waals surface area contributed by atoms with Crippen LogP contribution in [0.15, 0.2) is 23.6 Å². The molecule has 0 N–H and O–H groups in total. The normalized spacial score (nSPS) is 19.6. The zero-order chi connectivity index (χ0) is 19.6. The van der Waals surface area contributed by atoms with Crippen LogP contribution in [0, 0.1) is 0 Å². The number of fused-ring (bicyclic) bond motifs is 1. The molecule has 5 heteroatoms. The van der Waals surface area contributed by atoms with Crippen LogP contribution in [0.25, 0.3) is 11.3 Å². The number of nitrogens with zero attached hydrogens (tertiary/aromatic N) is 3. The topological polar surface area (TPSA) is 28.6 Å². The Morgan fingerprint density at radius 2 is 2.00 bits per heavy atom. The lowest BCUT2D eigenvalue weighted by atomic mass is 9.72. The number of thiazole rings is 1. The number of benzene rings is 1. The first-order valence-electron chi connectivity index (χ1n) is 10.8. The summed E-state index contributed by atoms with van der Waals surface area (Å²) in [7, 11) is 0. The van der Waals surface area contributed by atoms with Crippen molar-refractivity contribution in [2.75, 3.05) is 37.7 Å². The number of hydrogen-bond acceptors (Lipinski definition) is 5. The van der Waals surface area contributed by atoms with Gasteiger partial charge in [-0.25, -0.2) is 4.98 Å². The van der Waals surface area contributed by atoms with Crippen molar-refractivity contribution in [2.45, 2.75) is 58.3 Å². The number of hydrogen-bond donors (Lipinski definition) is 0. The number of aryl methyl sites for hydroxylation is 1. The van der Waals surface area contributed by atoms with Crippen molar-refractivity contribution in [2.24, 2.45) is 0 Å². The van der Waals surface area contributed by atoms with Crippen molar-refractivity contribution in [3.8, 4) is 11.3 Å². The van der Waals surface area contributed by atoms with E-state index in [0.717, 1.165) is 50.0 Å². The van der Waals surface area contributed by atoms with Crippen LogP contribution < -0.4 is 4.90 Å². The summed E-state index contributed by atoms with van der Waals surface area (Å²) in [5, 5.41) is 5.47. The van der Waals surface area contributed by atoms with Gasteiger partial charge in [-0.3, -0.25) is 4.84 Å². The molecule has 0 spiro atoms. The minimum Gasteiger partial charge on any atom is -0.345 e. The summed E-state index contributed by atoms with van der Waals surface area (Å²) in [6, 6.07) is 6.99. The lowest BCUT2D eigenvalue weighted by Gasteiger charge is -2.33. The molecule has 1 fully saturated rings. The maximum Gasteiger partial charge on any atom is 0.185 e. The van der Waals surface area contributed by atoms with Gasteiger partial charge in [0, 0.05) is 37.1 Å². The minimum atomic E-state index is 0.304. The lowest BCUT2D eigenvalue weighted by Crippen LogP contribution is -2.46. The summed E-state index contributed by atoms with van der Waals surface area (Å²) < 4.78 is 0. The molecule has 0 saturated carbocycles. The number of rotatable bonds is 6. The fourth-order valence-corrected chi connectivity index (χ4v) is 5.25. The Morgan fingerprint density at radius 3 is 2.79 bits per heavy atom. The van der Waals surface area contributed by atoms with Gasteiger partial charge in [-0.15, -0.1) is 11.3 Å². The van der Waals surface area contributed by atoms with Crippen molar-refractivity contribution in [3.63, 3.8) is 0 Å². The van der Waals surface area contributed by atoms with E-state index < -0.39 is 0 Å². The maximum absolute atomic E-state index is 5.84. The van der Waals surface area contributed by atoms with Crippen LogP contribution >= 0.6 is 11.3 Å². The standard InChI is InChI=1S/C23H33N3OS/c1-4-5-15-27-26-13-11-25(12-14-26)22-24-21(17-28-22)19-8-9-20-18(16-19)7-6-10-23(20,2)3/h8-9,16-17H,4-7,10-15H2,1-3H3. The molecular weight excluding hydrogens is 366 g/mol. The van der Waals surface area contributed by atoms with Crippen LogP contribution in [0.1, 0.15) is 57.6 Å². The quantitative estimate of drug-likeness (QED) is 0.618. The largest absolute Gasteiger partial charge is 0.345 e. The molecule has 1 aliphatic heterocycles. The van der Waals surface area contributed by atoms with Crippen molar-refractivity contribution in [1.29, 1.82) is 0 Å². The second-order valence-electron chi connectivity index (χ2n) is 8.73. The van der Waals surface area contributed by atoms with Gasteiger partial charge in [0.15, 0.2) is 5.13 Å². The molecular formula is C23H33N3OS. The lowest BCUT2D eigenvalue weighted by molar-refractivity contribution is -0.162. The van der Waals surface area contributed by atoms with Gasteiger partial charge >= 0.3 is 0 Å². The second kappa shape index (κ2) is 8.52. The van der Waals surface area contributed by atoms with E-state index in [1.807, 2.05) is 0 Å². The van der Waals surface area contributed by atoms with Crippen LogP contribution in [0.3, 0.4) is 0 Å². The Bertz CT molecular complexity index is 793. The molecule has 28 heavy (non-hydrogen) atoms. The molecule has 1 saturated heterocycles. The fraction of sp³-hybridized carbons (Fsp3) is 0.609. The first-order valence-corrected chi connectivity index (χ1v) is 11.7. The Morgan fingerprint density at radius 1 is 1.18 bits per heavy atom.